The summed E-state index contributed by atoms with van der Waals surface area (Å²) in [6.07, 6.45) is 1.95. The van der Waals surface area contributed by atoms with Crippen molar-refractivity contribution in [3.8, 4) is 5.75 Å². The smallest absolute Gasteiger partial charge is 0.123 e. The number of hydrogen-bond acceptors (Lipinski definition) is 2. The van der Waals surface area contributed by atoms with Gasteiger partial charge in [-0.2, -0.15) is 0 Å². The van der Waals surface area contributed by atoms with Gasteiger partial charge >= 0.3 is 0 Å². The largest absolute Gasteiger partial charge is 0.508 e. The molecule has 0 aromatic heterocycles. The van der Waals surface area contributed by atoms with Crippen LogP contribution >= 0.6 is 0 Å². The molecule has 0 radical (unpaired) electrons. The molecule has 1 atom stereocenters. The minimum absolute atomic E-state index is 0.186. The molecular formula is C18H22FNO. The molecule has 112 valence electrons. The lowest BCUT2D eigenvalue weighted by Crippen LogP contribution is -2.26. The molecule has 2 nitrogen and oxygen atoms in total. The third kappa shape index (κ3) is 4.87. The van der Waals surface area contributed by atoms with Gasteiger partial charge in [0.25, 0.3) is 0 Å². The molecule has 1 unspecified atom stereocenters. The van der Waals surface area contributed by atoms with Gasteiger partial charge in [0.2, 0.25) is 0 Å². The summed E-state index contributed by atoms with van der Waals surface area (Å²) in [5.74, 6) is 0.112. The van der Waals surface area contributed by atoms with Crippen LogP contribution in [-0.2, 0) is 13.0 Å². The van der Waals surface area contributed by atoms with Crippen LogP contribution in [0.3, 0.4) is 0 Å². The molecule has 0 spiro atoms. The highest BCUT2D eigenvalue weighted by molar-refractivity contribution is 5.27. The van der Waals surface area contributed by atoms with Gasteiger partial charge in [-0.3, -0.25) is 0 Å². The van der Waals surface area contributed by atoms with Crippen molar-refractivity contribution in [2.75, 3.05) is 0 Å². The van der Waals surface area contributed by atoms with Crippen molar-refractivity contribution in [1.29, 1.82) is 0 Å². The molecular weight excluding hydrogens is 265 g/mol. The van der Waals surface area contributed by atoms with Crippen molar-refractivity contribution >= 4 is 0 Å². The van der Waals surface area contributed by atoms with E-state index in [-0.39, 0.29) is 5.82 Å². The third-order valence-corrected chi connectivity index (χ3v) is 3.75. The van der Waals surface area contributed by atoms with E-state index in [1.807, 2.05) is 25.1 Å². The Balaban J connectivity index is 1.80. The number of hydrogen-bond donors (Lipinski definition) is 2. The second-order valence-electron chi connectivity index (χ2n) is 5.56. The Morgan fingerprint density at radius 1 is 1.14 bits per heavy atom. The first-order chi connectivity index (χ1) is 10.0. The van der Waals surface area contributed by atoms with Crippen molar-refractivity contribution < 1.29 is 9.50 Å². The Labute approximate surface area is 125 Å². The number of aromatic hydroxyl groups is 1. The summed E-state index contributed by atoms with van der Waals surface area (Å²) in [7, 11) is 0. The Morgan fingerprint density at radius 2 is 1.86 bits per heavy atom. The molecule has 0 bridgehead atoms. The maximum Gasteiger partial charge on any atom is 0.123 e. The number of rotatable bonds is 6. The highest BCUT2D eigenvalue weighted by Gasteiger charge is 2.05. The molecule has 0 heterocycles. The molecule has 21 heavy (non-hydrogen) atoms. The van der Waals surface area contributed by atoms with Gasteiger partial charge in [0.1, 0.15) is 11.6 Å². The Hall–Kier alpha value is -1.87. The van der Waals surface area contributed by atoms with E-state index in [2.05, 4.69) is 12.2 Å². The average molecular weight is 287 g/mol. The molecule has 0 saturated carbocycles. The maximum atomic E-state index is 13.2. The lowest BCUT2D eigenvalue weighted by Gasteiger charge is -2.15. The molecule has 0 aliphatic heterocycles. The third-order valence-electron chi connectivity index (χ3n) is 3.75. The molecule has 2 rings (SSSR count). The van der Waals surface area contributed by atoms with Crippen molar-refractivity contribution in [2.24, 2.45) is 0 Å². The predicted octanol–water partition coefficient (Wildman–Crippen LogP) is 3.95. The van der Waals surface area contributed by atoms with Crippen molar-refractivity contribution in [3.05, 3.63) is 65.0 Å². The average Bonchev–Trinajstić information content (AvgIpc) is 2.47. The van der Waals surface area contributed by atoms with Gasteiger partial charge in [-0.25, -0.2) is 4.39 Å². The van der Waals surface area contributed by atoms with Crippen molar-refractivity contribution in [2.45, 2.75) is 39.3 Å². The van der Waals surface area contributed by atoms with Gasteiger partial charge < -0.3 is 10.4 Å². The van der Waals surface area contributed by atoms with Crippen LogP contribution in [0.4, 0.5) is 4.39 Å². The molecule has 0 saturated heterocycles. The van der Waals surface area contributed by atoms with Gasteiger partial charge in [-0.15, -0.1) is 0 Å². The lowest BCUT2D eigenvalue weighted by molar-refractivity contribution is 0.474. The topological polar surface area (TPSA) is 32.3 Å². The fraction of sp³-hybridized carbons (Fsp3) is 0.333. The van der Waals surface area contributed by atoms with Gasteiger partial charge in [-0.1, -0.05) is 18.2 Å². The van der Waals surface area contributed by atoms with E-state index in [4.69, 9.17) is 0 Å². The number of aryl methyl sites for hydroxylation is 2. The summed E-state index contributed by atoms with van der Waals surface area (Å²) in [6.45, 7) is 4.81. The van der Waals surface area contributed by atoms with Crippen LogP contribution in [0.1, 0.15) is 30.0 Å². The first-order valence-corrected chi connectivity index (χ1v) is 7.31. The molecule has 0 aliphatic carbocycles. The van der Waals surface area contributed by atoms with Crippen LogP contribution in [-0.4, -0.2) is 11.1 Å². The summed E-state index contributed by atoms with van der Waals surface area (Å²) < 4.78 is 13.2. The van der Waals surface area contributed by atoms with Crippen LogP contribution < -0.4 is 5.32 Å². The van der Waals surface area contributed by atoms with E-state index in [1.54, 1.807) is 18.2 Å². The Kier molecular flexibility index (Phi) is 5.34. The first kappa shape index (κ1) is 15.5. The molecule has 3 heteroatoms. The number of phenols is 1. The van der Waals surface area contributed by atoms with Crippen molar-refractivity contribution in [1.82, 2.24) is 5.32 Å². The van der Waals surface area contributed by atoms with Crippen molar-refractivity contribution in [3.63, 3.8) is 0 Å². The maximum absolute atomic E-state index is 13.2. The zero-order chi connectivity index (χ0) is 15.2. The van der Waals surface area contributed by atoms with Crippen LogP contribution in [0.25, 0.3) is 0 Å². The van der Waals surface area contributed by atoms with E-state index in [9.17, 15) is 9.50 Å². The van der Waals surface area contributed by atoms with Crippen LogP contribution in [0.15, 0.2) is 42.5 Å². The fourth-order valence-corrected chi connectivity index (χ4v) is 2.26. The molecule has 0 amide bonds. The second-order valence-corrected chi connectivity index (χ2v) is 5.56. The highest BCUT2D eigenvalue weighted by atomic mass is 19.1. The predicted molar refractivity (Wildman–Crippen MR) is 83.9 cm³/mol. The monoisotopic (exact) mass is 287 g/mol. The molecule has 2 aromatic rings. The summed E-state index contributed by atoms with van der Waals surface area (Å²) in [4.78, 5) is 0. The number of halogens is 1. The number of nitrogens with one attached hydrogen (secondary N) is 1. The lowest BCUT2D eigenvalue weighted by atomic mass is 10.0. The van der Waals surface area contributed by atoms with Gasteiger partial charge in [-0.05, 0) is 67.6 Å². The van der Waals surface area contributed by atoms with Gasteiger partial charge in [0.05, 0.1) is 0 Å². The minimum Gasteiger partial charge on any atom is -0.508 e. The Bertz CT molecular complexity index is 580. The molecule has 2 aromatic carbocycles. The zero-order valence-corrected chi connectivity index (χ0v) is 12.6. The van der Waals surface area contributed by atoms with E-state index >= 15 is 0 Å². The minimum atomic E-state index is -0.186. The standard InChI is InChI=1S/C18H22FNO/c1-13-3-8-17(19)11-16(13)12-20-14(2)4-5-15-6-9-18(21)10-7-15/h3,6-11,14,20-21H,4-5,12H2,1-2H3. The summed E-state index contributed by atoms with van der Waals surface area (Å²) in [5.41, 5.74) is 3.32. The van der Waals surface area contributed by atoms with E-state index < -0.39 is 0 Å². The number of benzene rings is 2. The van der Waals surface area contributed by atoms with Crippen LogP contribution in [0.2, 0.25) is 0 Å². The highest BCUT2D eigenvalue weighted by Crippen LogP contribution is 2.13. The Morgan fingerprint density at radius 3 is 2.57 bits per heavy atom. The quantitative estimate of drug-likeness (QED) is 0.843. The van der Waals surface area contributed by atoms with E-state index in [1.165, 1.54) is 11.6 Å². The zero-order valence-electron chi connectivity index (χ0n) is 12.6. The SMILES string of the molecule is Cc1ccc(F)cc1CNC(C)CCc1ccc(O)cc1. The molecule has 0 fully saturated rings. The van der Waals surface area contributed by atoms with Crippen LogP contribution in [0, 0.1) is 12.7 Å². The summed E-state index contributed by atoms with van der Waals surface area (Å²) >= 11 is 0. The van der Waals surface area contributed by atoms with E-state index in [0.717, 1.165) is 24.0 Å². The summed E-state index contributed by atoms with van der Waals surface area (Å²) in [5, 5.41) is 12.7. The molecule has 2 N–H and O–H groups in total. The normalized spacial score (nSPS) is 12.3. The summed E-state index contributed by atoms with van der Waals surface area (Å²) in [6, 6.07) is 12.6. The first-order valence-electron chi connectivity index (χ1n) is 7.31. The van der Waals surface area contributed by atoms with Gasteiger partial charge in [0, 0.05) is 12.6 Å². The van der Waals surface area contributed by atoms with Crippen LogP contribution in [0.5, 0.6) is 5.75 Å². The molecule has 0 aliphatic rings. The second kappa shape index (κ2) is 7.23. The van der Waals surface area contributed by atoms with Gasteiger partial charge in [0.15, 0.2) is 0 Å². The fourth-order valence-electron chi connectivity index (χ4n) is 2.26. The number of phenolic OH excluding ortho intramolecular Hbond substituents is 1. The van der Waals surface area contributed by atoms with E-state index in [0.29, 0.717) is 18.3 Å².